The van der Waals surface area contributed by atoms with Gasteiger partial charge < -0.3 is 15.2 Å². The fraction of sp³-hybridized carbons (Fsp3) is 0.467. The summed E-state index contributed by atoms with van der Waals surface area (Å²) in [5.74, 6) is -1.22. The standard InChI is InChI=1S/C15H19NO4/c1-3-20-13-6-9(2)4-5-10(13)8-16-14(17)11-7-12(11)15(18)19/h4-6,11-12H,3,7-8H2,1-2H3,(H,16,17)(H,18,19). The van der Waals surface area contributed by atoms with Gasteiger partial charge in [0.05, 0.1) is 18.4 Å². The van der Waals surface area contributed by atoms with Crippen LogP contribution in [0.25, 0.3) is 0 Å². The zero-order valence-electron chi connectivity index (χ0n) is 11.7. The zero-order valence-corrected chi connectivity index (χ0v) is 11.7. The number of carbonyl (C=O) groups is 2. The minimum absolute atomic E-state index is 0.194. The molecule has 1 aromatic rings. The molecule has 1 aromatic carbocycles. The molecule has 5 heteroatoms. The third kappa shape index (κ3) is 3.29. The topological polar surface area (TPSA) is 75.6 Å². The van der Waals surface area contributed by atoms with Crippen LogP contribution in [0.1, 0.15) is 24.5 Å². The Hall–Kier alpha value is -2.04. The van der Waals surface area contributed by atoms with Crippen molar-refractivity contribution in [2.75, 3.05) is 6.61 Å². The summed E-state index contributed by atoms with van der Waals surface area (Å²) in [4.78, 5) is 22.5. The largest absolute Gasteiger partial charge is 0.494 e. The van der Waals surface area contributed by atoms with Gasteiger partial charge in [0.15, 0.2) is 0 Å². The van der Waals surface area contributed by atoms with E-state index in [1.54, 1.807) is 0 Å². The van der Waals surface area contributed by atoms with Crippen molar-refractivity contribution < 1.29 is 19.4 Å². The average molecular weight is 277 g/mol. The summed E-state index contributed by atoms with van der Waals surface area (Å²) in [6, 6.07) is 5.81. The van der Waals surface area contributed by atoms with Crippen molar-refractivity contribution in [1.82, 2.24) is 5.32 Å². The van der Waals surface area contributed by atoms with Crippen LogP contribution < -0.4 is 10.1 Å². The van der Waals surface area contributed by atoms with E-state index in [0.29, 0.717) is 19.6 Å². The molecule has 0 saturated heterocycles. The lowest BCUT2D eigenvalue weighted by Gasteiger charge is -2.12. The fourth-order valence-electron chi connectivity index (χ4n) is 2.17. The number of rotatable bonds is 6. The molecule has 1 aliphatic carbocycles. The van der Waals surface area contributed by atoms with E-state index in [-0.39, 0.29) is 11.8 Å². The molecule has 0 spiro atoms. The maximum atomic E-state index is 11.8. The van der Waals surface area contributed by atoms with Crippen molar-refractivity contribution in [2.45, 2.75) is 26.8 Å². The smallest absolute Gasteiger partial charge is 0.307 e. The lowest BCUT2D eigenvalue weighted by molar-refractivity contribution is -0.140. The Morgan fingerprint density at radius 2 is 2.15 bits per heavy atom. The number of nitrogens with one attached hydrogen (secondary N) is 1. The van der Waals surface area contributed by atoms with Crippen molar-refractivity contribution in [3.05, 3.63) is 29.3 Å². The van der Waals surface area contributed by atoms with Crippen LogP contribution in [0.2, 0.25) is 0 Å². The second-order valence-electron chi connectivity index (χ2n) is 5.05. The molecule has 2 rings (SSSR count). The maximum Gasteiger partial charge on any atom is 0.307 e. The Morgan fingerprint density at radius 1 is 1.40 bits per heavy atom. The van der Waals surface area contributed by atoms with Gasteiger partial charge in [0, 0.05) is 12.1 Å². The van der Waals surface area contributed by atoms with Crippen LogP contribution in [0.4, 0.5) is 0 Å². The number of aliphatic carboxylic acids is 1. The quantitative estimate of drug-likeness (QED) is 0.830. The molecule has 2 atom stereocenters. The zero-order chi connectivity index (χ0) is 14.7. The van der Waals surface area contributed by atoms with E-state index in [0.717, 1.165) is 16.9 Å². The van der Waals surface area contributed by atoms with E-state index in [4.69, 9.17) is 9.84 Å². The Kier molecular flexibility index (Phi) is 4.27. The molecule has 20 heavy (non-hydrogen) atoms. The number of carboxylic acids is 1. The van der Waals surface area contributed by atoms with Crippen molar-refractivity contribution in [3.63, 3.8) is 0 Å². The third-order valence-electron chi connectivity index (χ3n) is 3.42. The lowest BCUT2D eigenvalue weighted by atomic mass is 10.1. The van der Waals surface area contributed by atoms with Crippen molar-refractivity contribution >= 4 is 11.9 Å². The Balaban J connectivity index is 1.94. The summed E-state index contributed by atoms with van der Waals surface area (Å²) in [7, 11) is 0. The number of amides is 1. The summed E-state index contributed by atoms with van der Waals surface area (Å²) < 4.78 is 5.54. The molecule has 1 aliphatic rings. The normalized spacial score (nSPS) is 20.3. The molecule has 0 heterocycles. The molecule has 2 unspecified atom stereocenters. The first-order valence-electron chi connectivity index (χ1n) is 6.75. The fourth-order valence-corrected chi connectivity index (χ4v) is 2.17. The van der Waals surface area contributed by atoms with Crippen molar-refractivity contribution in [3.8, 4) is 5.75 Å². The average Bonchev–Trinajstić information content (AvgIpc) is 3.18. The van der Waals surface area contributed by atoms with Gasteiger partial charge >= 0.3 is 5.97 Å². The third-order valence-corrected chi connectivity index (χ3v) is 3.42. The van der Waals surface area contributed by atoms with Crippen molar-refractivity contribution in [2.24, 2.45) is 11.8 Å². The predicted octanol–water partition coefficient (Wildman–Crippen LogP) is 1.73. The molecule has 0 aliphatic heterocycles. The first-order chi connectivity index (χ1) is 9.52. The van der Waals surface area contributed by atoms with Crippen LogP contribution in [0, 0.1) is 18.8 Å². The number of carboxylic acid groups (broad SMARTS) is 1. The van der Waals surface area contributed by atoms with Gasteiger partial charge in [-0.1, -0.05) is 12.1 Å². The highest BCUT2D eigenvalue weighted by Gasteiger charge is 2.48. The van der Waals surface area contributed by atoms with Crippen molar-refractivity contribution in [1.29, 1.82) is 0 Å². The first-order valence-corrected chi connectivity index (χ1v) is 6.75. The minimum atomic E-state index is -0.893. The second kappa shape index (κ2) is 5.94. The van der Waals surface area contributed by atoms with Crippen LogP contribution in [-0.4, -0.2) is 23.6 Å². The Bertz CT molecular complexity index is 527. The Morgan fingerprint density at radius 3 is 2.75 bits per heavy atom. The predicted molar refractivity (Wildman–Crippen MR) is 73.4 cm³/mol. The maximum absolute atomic E-state index is 11.8. The highest BCUT2D eigenvalue weighted by atomic mass is 16.5. The van der Waals surface area contributed by atoms with E-state index in [2.05, 4.69) is 5.32 Å². The van der Waals surface area contributed by atoms with Gasteiger partial charge in [-0.05, 0) is 31.9 Å². The highest BCUT2D eigenvalue weighted by molar-refractivity contribution is 5.89. The van der Waals surface area contributed by atoms with E-state index in [1.165, 1.54) is 0 Å². The van der Waals surface area contributed by atoms with Crippen LogP contribution >= 0.6 is 0 Å². The van der Waals surface area contributed by atoms with Crippen LogP contribution in [0.15, 0.2) is 18.2 Å². The monoisotopic (exact) mass is 277 g/mol. The number of aryl methyl sites for hydroxylation is 1. The molecular formula is C15H19NO4. The molecular weight excluding hydrogens is 258 g/mol. The van der Waals surface area contributed by atoms with Gasteiger partial charge in [0.2, 0.25) is 5.91 Å². The van der Waals surface area contributed by atoms with E-state index in [1.807, 2.05) is 32.0 Å². The summed E-state index contributed by atoms with van der Waals surface area (Å²) in [6.07, 6.45) is 0.438. The van der Waals surface area contributed by atoms with E-state index >= 15 is 0 Å². The second-order valence-corrected chi connectivity index (χ2v) is 5.05. The molecule has 5 nitrogen and oxygen atoms in total. The van der Waals surface area contributed by atoms with E-state index in [9.17, 15) is 9.59 Å². The highest BCUT2D eigenvalue weighted by Crippen LogP contribution is 2.38. The SMILES string of the molecule is CCOc1cc(C)ccc1CNC(=O)C1CC1C(=O)O. The molecule has 0 bridgehead atoms. The first kappa shape index (κ1) is 14.4. The molecule has 0 aromatic heterocycles. The molecule has 1 fully saturated rings. The molecule has 1 amide bonds. The molecule has 0 radical (unpaired) electrons. The number of benzene rings is 1. The molecule has 1 saturated carbocycles. The molecule has 108 valence electrons. The van der Waals surface area contributed by atoms with Crippen LogP contribution in [0.5, 0.6) is 5.75 Å². The Labute approximate surface area is 117 Å². The van der Waals surface area contributed by atoms with Gasteiger partial charge in [0.25, 0.3) is 0 Å². The van der Waals surface area contributed by atoms with Crippen LogP contribution in [-0.2, 0) is 16.1 Å². The molecule has 2 N–H and O–H groups in total. The van der Waals surface area contributed by atoms with Gasteiger partial charge in [-0.2, -0.15) is 0 Å². The lowest BCUT2D eigenvalue weighted by Crippen LogP contribution is -2.26. The number of carbonyl (C=O) groups excluding carboxylic acids is 1. The van der Waals surface area contributed by atoms with Gasteiger partial charge in [-0.3, -0.25) is 9.59 Å². The summed E-state index contributed by atoms with van der Waals surface area (Å²) in [6.45, 7) is 4.81. The van der Waals surface area contributed by atoms with Gasteiger partial charge in [0.1, 0.15) is 5.75 Å². The van der Waals surface area contributed by atoms with Gasteiger partial charge in [-0.15, -0.1) is 0 Å². The summed E-state index contributed by atoms with van der Waals surface area (Å²) in [5, 5.41) is 11.6. The minimum Gasteiger partial charge on any atom is -0.494 e. The van der Waals surface area contributed by atoms with Crippen LogP contribution in [0.3, 0.4) is 0 Å². The van der Waals surface area contributed by atoms with Gasteiger partial charge in [-0.25, -0.2) is 0 Å². The number of hydrogen-bond acceptors (Lipinski definition) is 3. The summed E-state index contributed by atoms with van der Waals surface area (Å²) in [5.41, 5.74) is 2.00. The van der Waals surface area contributed by atoms with E-state index < -0.39 is 11.9 Å². The summed E-state index contributed by atoms with van der Waals surface area (Å²) >= 11 is 0. The number of ether oxygens (including phenoxy) is 1. The number of hydrogen-bond donors (Lipinski definition) is 2.